The normalized spacial score (nSPS) is 24.3. The second-order valence-electron chi connectivity index (χ2n) is 2.60. The summed E-state index contributed by atoms with van der Waals surface area (Å²) in [5.74, 6) is 2.25. The molecule has 1 N–H and O–H groups in total. The quantitative estimate of drug-likeness (QED) is 0.724. The van der Waals surface area contributed by atoms with Gasteiger partial charge in [-0.2, -0.15) is 0 Å². The molecule has 60 valence electrons. The monoisotopic (exact) mass is 186 g/mol. The number of aromatic nitrogens is 1. The fourth-order valence-corrected chi connectivity index (χ4v) is 3.01. The largest absolute Gasteiger partial charge is 0.298 e. The molecule has 0 amide bonds. The molecule has 1 aliphatic heterocycles. The van der Waals surface area contributed by atoms with E-state index >= 15 is 0 Å². The van der Waals surface area contributed by atoms with E-state index < -0.39 is 0 Å². The molecule has 0 aliphatic carbocycles. The minimum Gasteiger partial charge on any atom is -0.298 e. The van der Waals surface area contributed by atoms with Crippen molar-refractivity contribution in [3.8, 4) is 0 Å². The second kappa shape index (κ2) is 3.13. The molecule has 1 aromatic heterocycles. The van der Waals surface area contributed by atoms with Crippen molar-refractivity contribution in [2.75, 3.05) is 11.6 Å². The number of rotatable bonds is 1. The highest BCUT2D eigenvalue weighted by Crippen LogP contribution is 2.26. The van der Waals surface area contributed by atoms with E-state index in [2.05, 4.69) is 15.7 Å². The molecule has 4 heteroatoms. The third-order valence-electron chi connectivity index (χ3n) is 1.65. The lowest BCUT2D eigenvalue weighted by Gasteiger charge is -2.02. The maximum Gasteiger partial charge on any atom is 0.111 e. The molecule has 0 spiro atoms. The van der Waals surface area contributed by atoms with Gasteiger partial charge in [0.15, 0.2) is 0 Å². The summed E-state index contributed by atoms with van der Waals surface area (Å²) in [4.78, 5) is 4.44. The van der Waals surface area contributed by atoms with Crippen molar-refractivity contribution in [2.45, 2.75) is 13.0 Å². The first-order valence-corrected chi connectivity index (χ1v) is 5.63. The Morgan fingerprint density at radius 1 is 1.73 bits per heavy atom. The lowest BCUT2D eigenvalue weighted by molar-refractivity contribution is 0.670. The average molecular weight is 186 g/mol. The highest BCUT2D eigenvalue weighted by molar-refractivity contribution is 7.99. The van der Waals surface area contributed by atoms with Gasteiger partial charge in [-0.1, -0.05) is 0 Å². The van der Waals surface area contributed by atoms with Crippen molar-refractivity contribution in [2.24, 2.45) is 0 Å². The Hall–Kier alpha value is -0.0600. The van der Waals surface area contributed by atoms with E-state index in [4.69, 9.17) is 0 Å². The summed E-state index contributed by atoms with van der Waals surface area (Å²) in [6, 6.07) is 0.513. The van der Waals surface area contributed by atoms with Gasteiger partial charge in [-0.15, -0.1) is 23.1 Å². The van der Waals surface area contributed by atoms with Crippen LogP contribution in [-0.2, 0) is 0 Å². The molecule has 0 radical (unpaired) electrons. The molecule has 2 nitrogen and oxygen atoms in total. The first-order chi connectivity index (χ1) is 5.36. The molecule has 0 aromatic carbocycles. The van der Waals surface area contributed by atoms with Crippen molar-refractivity contribution < 1.29 is 0 Å². The van der Waals surface area contributed by atoms with Crippen LogP contribution >= 0.6 is 23.1 Å². The van der Waals surface area contributed by atoms with Crippen molar-refractivity contribution in [1.29, 1.82) is 0 Å². The Morgan fingerprint density at radius 3 is 3.18 bits per heavy atom. The van der Waals surface area contributed by atoms with Crippen LogP contribution in [-0.4, -0.2) is 16.6 Å². The fraction of sp³-hybridized carbons (Fsp3) is 0.571. The van der Waals surface area contributed by atoms with Crippen molar-refractivity contribution >= 4 is 23.1 Å². The summed E-state index contributed by atoms with van der Waals surface area (Å²) in [6.45, 7) is 2.04. The van der Waals surface area contributed by atoms with Crippen LogP contribution in [0.3, 0.4) is 0 Å². The minimum absolute atomic E-state index is 0.513. The van der Waals surface area contributed by atoms with Gasteiger partial charge in [-0.25, -0.2) is 4.98 Å². The Balaban J connectivity index is 2.15. The van der Waals surface area contributed by atoms with Crippen LogP contribution in [0.4, 0.5) is 0 Å². The summed E-state index contributed by atoms with van der Waals surface area (Å²) >= 11 is 3.70. The molecule has 2 rings (SSSR count). The summed E-state index contributed by atoms with van der Waals surface area (Å²) in [7, 11) is 0. The Morgan fingerprint density at radius 2 is 2.64 bits per heavy atom. The zero-order valence-corrected chi connectivity index (χ0v) is 7.97. The van der Waals surface area contributed by atoms with Gasteiger partial charge in [-0.3, -0.25) is 5.32 Å². The third-order valence-corrected chi connectivity index (χ3v) is 3.67. The van der Waals surface area contributed by atoms with Crippen LogP contribution in [0.25, 0.3) is 0 Å². The van der Waals surface area contributed by atoms with E-state index in [0.29, 0.717) is 6.04 Å². The Kier molecular flexibility index (Phi) is 2.16. The number of nitrogens with one attached hydrogen (secondary N) is 1. The van der Waals surface area contributed by atoms with Crippen molar-refractivity contribution in [3.63, 3.8) is 0 Å². The number of nitrogens with zero attached hydrogens (tertiary/aromatic N) is 1. The SMILES string of the molecule is Cc1csc([C@H]2CSCN2)n1. The molecular formula is C7H10N2S2. The van der Waals surface area contributed by atoms with E-state index in [1.165, 1.54) is 10.8 Å². The number of hydrogen-bond donors (Lipinski definition) is 1. The zero-order chi connectivity index (χ0) is 7.68. The Bertz CT molecular complexity index is 240. The molecule has 2 heterocycles. The van der Waals surface area contributed by atoms with Crippen LogP contribution in [0.1, 0.15) is 16.7 Å². The molecule has 0 unspecified atom stereocenters. The van der Waals surface area contributed by atoms with Crippen LogP contribution in [0, 0.1) is 6.92 Å². The molecule has 1 saturated heterocycles. The van der Waals surface area contributed by atoms with Crippen LogP contribution in [0.2, 0.25) is 0 Å². The molecule has 1 aliphatic rings. The fourth-order valence-electron chi connectivity index (χ4n) is 1.09. The smallest absolute Gasteiger partial charge is 0.111 e. The van der Waals surface area contributed by atoms with Crippen LogP contribution < -0.4 is 5.32 Å². The maximum atomic E-state index is 4.44. The van der Waals surface area contributed by atoms with Gasteiger partial charge in [0.2, 0.25) is 0 Å². The van der Waals surface area contributed by atoms with E-state index in [1.54, 1.807) is 11.3 Å². The molecule has 1 atom stereocenters. The van der Waals surface area contributed by atoms with Gasteiger partial charge >= 0.3 is 0 Å². The molecule has 1 fully saturated rings. The van der Waals surface area contributed by atoms with Crippen LogP contribution in [0.15, 0.2) is 5.38 Å². The standard InChI is InChI=1S/C7H10N2S2/c1-5-2-11-7(9-5)6-3-10-4-8-6/h2,6,8H,3-4H2,1H3/t6-/m1/s1. The van der Waals surface area contributed by atoms with E-state index in [-0.39, 0.29) is 0 Å². The summed E-state index contributed by atoms with van der Waals surface area (Å²) in [6.07, 6.45) is 0. The van der Waals surface area contributed by atoms with Gasteiger partial charge in [-0.05, 0) is 6.92 Å². The van der Waals surface area contributed by atoms with E-state index in [1.807, 2.05) is 18.7 Å². The first kappa shape index (κ1) is 7.58. The molecule has 1 aromatic rings. The van der Waals surface area contributed by atoms with Crippen molar-refractivity contribution in [1.82, 2.24) is 10.3 Å². The third kappa shape index (κ3) is 1.58. The molecule has 11 heavy (non-hydrogen) atoms. The number of aryl methyl sites for hydroxylation is 1. The summed E-state index contributed by atoms with van der Waals surface area (Å²) in [5.41, 5.74) is 1.14. The van der Waals surface area contributed by atoms with Gasteiger partial charge in [0.05, 0.1) is 6.04 Å². The van der Waals surface area contributed by atoms with E-state index in [9.17, 15) is 0 Å². The van der Waals surface area contributed by atoms with Crippen LogP contribution in [0.5, 0.6) is 0 Å². The highest BCUT2D eigenvalue weighted by atomic mass is 32.2. The predicted molar refractivity (Wildman–Crippen MR) is 50.1 cm³/mol. The molecule has 0 saturated carbocycles. The zero-order valence-electron chi connectivity index (χ0n) is 6.33. The average Bonchev–Trinajstić information content (AvgIpc) is 2.55. The minimum atomic E-state index is 0.513. The molecular weight excluding hydrogens is 176 g/mol. The predicted octanol–water partition coefficient (Wildman–Crippen LogP) is 1.79. The summed E-state index contributed by atoms with van der Waals surface area (Å²) in [5, 5.41) is 6.75. The first-order valence-electron chi connectivity index (χ1n) is 3.59. The van der Waals surface area contributed by atoms with Gasteiger partial charge in [0, 0.05) is 22.7 Å². The highest BCUT2D eigenvalue weighted by Gasteiger charge is 2.18. The number of hydrogen-bond acceptors (Lipinski definition) is 4. The lowest BCUT2D eigenvalue weighted by Crippen LogP contribution is -2.14. The van der Waals surface area contributed by atoms with Gasteiger partial charge < -0.3 is 0 Å². The molecule has 0 bridgehead atoms. The number of thiazole rings is 1. The topological polar surface area (TPSA) is 24.9 Å². The number of thioether (sulfide) groups is 1. The van der Waals surface area contributed by atoms with E-state index in [0.717, 1.165) is 11.6 Å². The maximum absolute atomic E-state index is 4.44. The Labute approximate surface area is 74.4 Å². The lowest BCUT2D eigenvalue weighted by atomic mass is 10.4. The summed E-state index contributed by atoms with van der Waals surface area (Å²) < 4.78 is 0. The van der Waals surface area contributed by atoms with Gasteiger partial charge in [0.25, 0.3) is 0 Å². The van der Waals surface area contributed by atoms with Crippen molar-refractivity contribution in [3.05, 3.63) is 16.1 Å². The van der Waals surface area contributed by atoms with Gasteiger partial charge in [0.1, 0.15) is 5.01 Å². The second-order valence-corrected chi connectivity index (χ2v) is 4.52.